The molecule has 0 amide bonds. The first-order chi connectivity index (χ1) is 12.3. The van der Waals surface area contributed by atoms with E-state index >= 15 is 0 Å². The average Bonchev–Trinajstić information content (AvgIpc) is 2.86. The number of phosphoric acid groups is 2. The average molecular weight is 493 g/mol. The summed E-state index contributed by atoms with van der Waals surface area (Å²) >= 11 is 0. The minimum absolute atomic E-state index is 0. The fourth-order valence-electron chi connectivity index (χ4n) is 1.92. The molecular formula is C9H16N5Na2O10P3. The number of hydrogen-bond acceptors (Lipinski definition) is 10. The maximum atomic E-state index is 11.8. The predicted molar refractivity (Wildman–Crippen MR) is 101 cm³/mol. The van der Waals surface area contributed by atoms with Crippen LogP contribution in [0, 0.1) is 0 Å². The summed E-state index contributed by atoms with van der Waals surface area (Å²) in [5.74, 6) is 0.171. The largest absolute Gasteiger partial charge is 0.488 e. The van der Waals surface area contributed by atoms with Crippen LogP contribution in [0.3, 0.4) is 0 Å². The zero-order valence-corrected chi connectivity index (χ0v) is 22.3. The number of nitrogens with two attached hydrogens (primary N) is 1. The minimum Gasteiger partial charge on any atom is -0.382 e. The van der Waals surface area contributed by atoms with E-state index in [0.717, 1.165) is 0 Å². The Hall–Kier alpha value is 0.760. The minimum atomic E-state index is -5.49. The van der Waals surface area contributed by atoms with Crippen LogP contribution < -0.4 is 5.73 Å². The van der Waals surface area contributed by atoms with Crippen LogP contribution in [-0.4, -0.2) is 111 Å². The van der Waals surface area contributed by atoms with Gasteiger partial charge in [0, 0.05) is 59.1 Å². The molecule has 0 fully saturated rings. The van der Waals surface area contributed by atoms with Crippen LogP contribution in [0.2, 0.25) is 0 Å². The van der Waals surface area contributed by atoms with E-state index in [2.05, 4.69) is 23.6 Å². The Bertz CT molecular complexity index is 969. The summed E-state index contributed by atoms with van der Waals surface area (Å²) in [7, 11) is -15.8. The zero-order valence-electron chi connectivity index (χ0n) is 15.6. The Labute approximate surface area is 208 Å². The summed E-state index contributed by atoms with van der Waals surface area (Å²) in [6.45, 7) is 1.63. The van der Waals surface area contributed by atoms with Gasteiger partial charge in [-0.2, -0.15) is 4.31 Å². The molecule has 2 unspecified atom stereocenters. The van der Waals surface area contributed by atoms with Crippen molar-refractivity contribution in [3.05, 3.63) is 12.7 Å². The number of rotatable bonds is 9. The molecule has 2 radical (unpaired) electrons. The number of nitrogen functional groups attached to an aromatic ring is 1. The quantitative estimate of drug-likeness (QED) is 0.217. The molecule has 29 heavy (non-hydrogen) atoms. The van der Waals surface area contributed by atoms with Crippen molar-refractivity contribution in [3.8, 4) is 0 Å². The summed E-state index contributed by atoms with van der Waals surface area (Å²) < 4.78 is 47.6. The van der Waals surface area contributed by atoms with Gasteiger partial charge in [0.2, 0.25) is 0 Å². The van der Waals surface area contributed by atoms with Gasteiger partial charge in [-0.1, -0.05) is 0 Å². The molecule has 15 nitrogen and oxygen atoms in total. The molecule has 0 spiro atoms. The van der Waals surface area contributed by atoms with Crippen LogP contribution in [0.1, 0.15) is 6.92 Å². The Balaban J connectivity index is 0.00000392. The van der Waals surface area contributed by atoms with E-state index in [-0.39, 0.29) is 71.5 Å². The second kappa shape index (κ2) is 11.6. The van der Waals surface area contributed by atoms with Gasteiger partial charge in [-0.15, -0.1) is 0 Å². The number of anilines is 1. The molecule has 154 valence electrons. The zero-order chi connectivity index (χ0) is 20.5. The van der Waals surface area contributed by atoms with E-state index in [1.807, 2.05) is 0 Å². The van der Waals surface area contributed by atoms with Crippen LogP contribution in [-0.2, 0) is 33.6 Å². The van der Waals surface area contributed by atoms with Gasteiger partial charge in [-0.25, -0.2) is 28.4 Å². The van der Waals surface area contributed by atoms with Crippen molar-refractivity contribution >= 4 is 99.3 Å². The van der Waals surface area contributed by atoms with Crippen molar-refractivity contribution in [1.82, 2.24) is 19.5 Å². The second-order valence-corrected chi connectivity index (χ2v) is 9.95. The molecule has 6 N–H and O–H groups in total. The summed E-state index contributed by atoms with van der Waals surface area (Å²) in [6, 6.07) is 0. The standard InChI is InChI=1S/C9H16N5O10P3.2Na/c1-6(2-14-4-13-7-8(10)11-3-12-9(7)14)22-5-25(15,16)23-27(20,21)24-26(17,18)19;;/h3-4,6H,2,5H2,1H3,(H,15,16)(H,20,21)(H2,10,11,12)(H2,17,18,19);;/t6-;;/m1../s1. The Kier molecular flexibility index (Phi) is 11.9. The van der Waals surface area contributed by atoms with Crippen molar-refractivity contribution in [2.45, 2.75) is 19.6 Å². The number of nitrogens with zero attached hydrogens (tertiary/aromatic N) is 4. The molecule has 0 aromatic carbocycles. The van der Waals surface area contributed by atoms with E-state index in [0.29, 0.717) is 11.2 Å². The first-order valence-electron chi connectivity index (χ1n) is 6.94. The third-order valence-corrected chi connectivity index (χ3v) is 6.84. The van der Waals surface area contributed by atoms with Crippen molar-refractivity contribution in [1.29, 1.82) is 0 Å². The normalized spacial score (nSPS) is 16.9. The van der Waals surface area contributed by atoms with Gasteiger partial charge in [0.05, 0.1) is 19.0 Å². The third-order valence-electron chi connectivity index (χ3n) is 2.85. The van der Waals surface area contributed by atoms with Gasteiger partial charge < -0.3 is 34.6 Å². The van der Waals surface area contributed by atoms with Gasteiger partial charge in [0.15, 0.2) is 11.5 Å². The van der Waals surface area contributed by atoms with E-state index in [4.69, 9.17) is 25.2 Å². The topological polar surface area (TPSA) is 229 Å². The Morgan fingerprint density at radius 3 is 2.31 bits per heavy atom. The predicted octanol–water partition coefficient (Wildman–Crippen LogP) is -0.579. The first kappa shape index (κ1) is 29.8. The monoisotopic (exact) mass is 493 g/mol. The smallest absolute Gasteiger partial charge is 0.382 e. The number of imidazole rings is 1. The molecule has 0 bridgehead atoms. The molecule has 0 saturated carbocycles. The summed E-state index contributed by atoms with van der Waals surface area (Å²) in [4.78, 5) is 47.4. The number of hydrogen-bond donors (Lipinski definition) is 5. The molecule has 0 aliphatic rings. The number of aromatic nitrogens is 4. The van der Waals surface area contributed by atoms with Crippen molar-refractivity contribution in [3.63, 3.8) is 0 Å². The first-order valence-corrected chi connectivity index (χ1v) is 11.7. The van der Waals surface area contributed by atoms with Gasteiger partial charge >= 0.3 is 23.2 Å². The van der Waals surface area contributed by atoms with E-state index in [9.17, 15) is 18.6 Å². The Morgan fingerprint density at radius 1 is 1.10 bits per heavy atom. The van der Waals surface area contributed by atoms with Crippen molar-refractivity contribution < 1.29 is 46.6 Å². The van der Waals surface area contributed by atoms with Crippen molar-refractivity contribution in [2.75, 3.05) is 12.1 Å². The van der Waals surface area contributed by atoms with Crippen LogP contribution in [0.15, 0.2) is 12.7 Å². The third kappa shape index (κ3) is 9.84. The Morgan fingerprint density at radius 2 is 1.72 bits per heavy atom. The molecule has 2 rings (SSSR count). The maximum Gasteiger partial charge on any atom is 0.488 e. The van der Waals surface area contributed by atoms with Crippen molar-refractivity contribution in [2.24, 2.45) is 0 Å². The molecule has 2 heterocycles. The second-order valence-electron chi connectivity index (χ2n) is 5.19. The molecule has 2 aromatic heterocycles. The van der Waals surface area contributed by atoms with Crippen LogP contribution in [0.25, 0.3) is 11.2 Å². The van der Waals surface area contributed by atoms with Gasteiger partial charge in [0.25, 0.3) is 0 Å². The molecule has 3 atom stereocenters. The van der Waals surface area contributed by atoms with Gasteiger partial charge in [-0.3, -0.25) is 4.57 Å². The van der Waals surface area contributed by atoms with E-state index < -0.39 is 35.7 Å². The number of ether oxygens (including phenoxy) is 1. The summed E-state index contributed by atoms with van der Waals surface area (Å²) in [5.41, 5.74) is 6.41. The van der Waals surface area contributed by atoms with Gasteiger partial charge in [0.1, 0.15) is 18.2 Å². The molecule has 0 aliphatic carbocycles. The van der Waals surface area contributed by atoms with Crippen LogP contribution >= 0.6 is 23.2 Å². The fourth-order valence-corrected chi connectivity index (χ4v) is 5.30. The molecular weight excluding hydrogens is 477 g/mol. The molecule has 2 aromatic rings. The summed E-state index contributed by atoms with van der Waals surface area (Å²) in [5, 5.41) is 0. The fraction of sp³-hybridized carbons (Fsp3) is 0.444. The SMILES string of the molecule is C[C@H](Cn1cnc2c(N)ncnc21)OCP(=O)(O)OP(=O)(O)OP(=O)(O)O.[Na].[Na]. The van der Waals surface area contributed by atoms with E-state index in [1.165, 1.54) is 24.1 Å². The van der Waals surface area contributed by atoms with Crippen LogP contribution in [0.4, 0.5) is 5.82 Å². The van der Waals surface area contributed by atoms with E-state index in [1.54, 1.807) is 0 Å². The maximum absolute atomic E-state index is 11.8. The van der Waals surface area contributed by atoms with Gasteiger partial charge in [-0.05, 0) is 6.92 Å². The van der Waals surface area contributed by atoms with Crippen LogP contribution in [0.5, 0.6) is 0 Å². The summed E-state index contributed by atoms with van der Waals surface area (Å²) in [6.07, 6.45) is 0.869. The number of fused-ring (bicyclic) bond motifs is 1. The molecule has 0 aliphatic heterocycles. The molecule has 0 saturated heterocycles. The molecule has 20 heteroatoms.